The van der Waals surface area contributed by atoms with Gasteiger partial charge in [0.2, 0.25) is 0 Å². The van der Waals surface area contributed by atoms with E-state index < -0.39 is 52.7 Å². The van der Waals surface area contributed by atoms with Crippen LogP contribution in [0.5, 0.6) is 0 Å². The topological polar surface area (TPSA) is 98.3 Å². The first-order valence-corrected chi connectivity index (χ1v) is 5.20. The van der Waals surface area contributed by atoms with Gasteiger partial charge in [-0.2, -0.15) is 13.2 Å². The number of benzene rings is 1. The summed E-state index contributed by atoms with van der Waals surface area (Å²) in [6.45, 7) is -0.744. The Morgan fingerprint density at radius 3 is 2.50 bits per heavy atom. The van der Waals surface area contributed by atoms with E-state index in [1.54, 1.807) is 0 Å². The van der Waals surface area contributed by atoms with Gasteiger partial charge in [0.05, 0.1) is 23.0 Å². The lowest BCUT2D eigenvalue weighted by Crippen LogP contribution is -2.28. The van der Waals surface area contributed by atoms with Gasteiger partial charge in [0.1, 0.15) is 11.5 Å². The number of amides is 1. The molecule has 0 heterocycles. The average Bonchev–Trinajstić information content (AvgIpc) is 2.29. The summed E-state index contributed by atoms with van der Waals surface area (Å²) in [7, 11) is 0. The maximum Gasteiger partial charge on any atom is 0.390 e. The number of nitro benzene ring substituents is 1. The number of halogens is 4. The molecule has 0 aliphatic heterocycles. The molecular weight excluding hydrogens is 286 g/mol. The second kappa shape index (κ2) is 5.72. The molecule has 0 fully saturated rings. The summed E-state index contributed by atoms with van der Waals surface area (Å²) in [5, 5.41) is 12.4. The summed E-state index contributed by atoms with van der Waals surface area (Å²) in [6, 6.07) is 1.13. The zero-order chi connectivity index (χ0) is 15.5. The highest BCUT2D eigenvalue weighted by molar-refractivity contribution is 6.01. The molecule has 0 aromatic heterocycles. The number of hydrogen-bond acceptors (Lipinski definition) is 4. The maximum atomic E-state index is 13.1. The van der Waals surface area contributed by atoms with Gasteiger partial charge in [-0.05, 0) is 6.07 Å². The highest BCUT2D eigenvalue weighted by atomic mass is 19.4. The largest absolute Gasteiger partial charge is 0.393 e. The van der Waals surface area contributed by atoms with Crippen molar-refractivity contribution in [3.63, 3.8) is 0 Å². The summed E-state index contributed by atoms with van der Waals surface area (Å²) in [5.74, 6) is -2.21. The number of nitrogens with two attached hydrogens (primary N) is 1. The van der Waals surface area contributed by atoms with Gasteiger partial charge in [-0.25, -0.2) is 4.39 Å². The van der Waals surface area contributed by atoms with E-state index in [0.29, 0.717) is 12.1 Å². The van der Waals surface area contributed by atoms with Gasteiger partial charge in [-0.15, -0.1) is 0 Å². The fraction of sp³-hybridized carbons (Fsp3) is 0.300. The highest BCUT2D eigenvalue weighted by Crippen LogP contribution is 2.26. The number of hydrogen-bond donors (Lipinski definition) is 2. The number of anilines is 1. The number of nitro groups is 1. The molecule has 0 atom stereocenters. The van der Waals surface area contributed by atoms with Crippen molar-refractivity contribution in [2.24, 2.45) is 0 Å². The molecule has 0 radical (unpaired) electrons. The SMILES string of the molecule is Nc1c(C(=O)NCCC(F)(F)F)cc(F)cc1[N+](=O)[O-]. The standard InChI is InChI=1S/C10H9F4N3O3/c11-5-3-6(8(15)7(4-5)17(19)20)9(18)16-2-1-10(12,13)14/h3-4H,1-2,15H2,(H,16,18). The molecule has 10 heteroatoms. The Morgan fingerprint density at radius 2 is 2.00 bits per heavy atom. The molecule has 1 aromatic rings. The van der Waals surface area contributed by atoms with E-state index in [1.165, 1.54) is 0 Å². The quantitative estimate of drug-likeness (QED) is 0.384. The van der Waals surface area contributed by atoms with Crippen LogP contribution in [0.4, 0.5) is 28.9 Å². The van der Waals surface area contributed by atoms with Crippen LogP contribution in [0.2, 0.25) is 0 Å². The van der Waals surface area contributed by atoms with Gasteiger partial charge in [-0.1, -0.05) is 0 Å². The van der Waals surface area contributed by atoms with E-state index in [9.17, 15) is 32.5 Å². The smallest absolute Gasteiger partial charge is 0.390 e. The molecule has 1 rings (SSSR count). The number of nitrogens with one attached hydrogen (secondary N) is 1. The molecule has 1 aromatic carbocycles. The molecule has 0 aliphatic rings. The van der Waals surface area contributed by atoms with Crippen LogP contribution in [0.1, 0.15) is 16.8 Å². The van der Waals surface area contributed by atoms with E-state index in [2.05, 4.69) is 0 Å². The number of alkyl halides is 3. The van der Waals surface area contributed by atoms with Crippen LogP contribution in [-0.4, -0.2) is 23.6 Å². The molecule has 1 amide bonds. The van der Waals surface area contributed by atoms with E-state index >= 15 is 0 Å². The summed E-state index contributed by atoms with van der Waals surface area (Å²) in [4.78, 5) is 21.1. The Labute approximate surface area is 109 Å². The first kappa shape index (κ1) is 15.7. The fourth-order valence-electron chi connectivity index (χ4n) is 1.36. The van der Waals surface area contributed by atoms with Crippen molar-refractivity contribution in [3.8, 4) is 0 Å². The Kier molecular flexibility index (Phi) is 4.48. The third kappa shape index (κ3) is 4.07. The number of carbonyl (C=O) groups excluding carboxylic acids is 1. The van der Waals surface area contributed by atoms with Gasteiger partial charge in [0.25, 0.3) is 11.6 Å². The Morgan fingerprint density at radius 1 is 1.40 bits per heavy atom. The van der Waals surface area contributed by atoms with Crippen molar-refractivity contribution in [2.75, 3.05) is 12.3 Å². The van der Waals surface area contributed by atoms with Crippen LogP contribution in [0.15, 0.2) is 12.1 Å². The Balaban J connectivity index is 2.91. The van der Waals surface area contributed by atoms with Gasteiger partial charge in [0, 0.05) is 6.54 Å². The van der Waals surface area contributed by atoms with Gasteiger partial charge in [-0.3, -0.25) is 14.9 Å². The van der Waals surface area contributed by atoms with Crippen LogP contribution in [-0.2, 0) is 0 Å². The predicted molar refractivity (Wildman–Crippen MR) is 60.5 cm³/mol. The molecule has 0 aliphatic carbocycles. The molecule has 0 bridgehead atoms. The number of nitrogens with zero attached hydrogens (tertiary/aromatic N) is 1. The van der Waals surface area contributed by atoms with Gasteiger partial charge in [0.15, 0.2) is 0 Å². The zero-order valence-corrected chi connectivity index (χ0v) is 9.83. The molecule has 20 heavy (non-hydrogen) atoms. The van der Waals surface area contributed by atoms with E-state index in [-0.39, 0.29) is 0 Å². The molecule has 0 saturated carbocycles. The molecule has 3 N–H and O–H groups in total. The van der Waals surface area contributed by atoms with E-state index in [4.69, 9.17) is 5.73 Å². The normalized spacial score (nSPS) is 11.2. The molecular formula is C10H9F4N3O3. The minimum Gasteiger partial charge on any atom is -0.393 e. The average molecular weight is 295 g/mol. The second-order valence-electron chi connectivity index (χ2n) is 3.76. The van der Waals surface area contributed by atoms with Crippen LogP contribution >= 0.6 is 0 Å². The summed E-state index contributed by atoms with van der Waals surface area (Å²) < 4.78 is 48.8. The van der Waals surface area contributed by atoms with E-state index in [1.807, 2.05) is 5.32 Å². The molecule has 0 spiro atoms. The fourth-order valence-corrected chi connectivity index (χ4v) is 1.36. The Hall–Kier alpha value is -2.39. The van der Waals surface area contributed by atoms with Crippen molar-refractivity contribution < 1.29 is 27.3 Å². The number of nitrogen functional groups attached to an aromatic ring is 1. The Bertz CT molecular complexity index is 545. The van der Waals surface area contributed by atoms with Crippen LogP contribution in [0.25, 0.3) is 0 Å². The monoisotopic (exact) mass is 295 g/mol. The molecule has 0 saturated heterocycles. The van der Waals surface area contributed by atoms with Crippen LogP contribution in [0, 0.1) is 15.9 Å². The lowest BCUT2D eigenvalue weighted by molar-refractivity contribution is -0.384. The highest BCUT2D eigenvalue weighted by Gasteiger charge is 2.27. The minimum atomic E-state index is -4.47. The number of rotatable bonds is 4. The van der Waals surface area contributed by atoms with Crippen molar-refractivity contribution in [1.29, 1.82) is 0 Å². The van der Waals surface area contributed by atoms with Gasteiger partial charge >= 0.3 is 6.18 Å². The molecule has 110 valence electrons. The molecule has 0 unspecified atom stereocenters. The first-order chi connectivity index (χ1) is 9.11. The van der Waals surface area contributed by atoms with Crippen LogP contribution < -0.4 is 11.1 Å². The lowest BCUT2D eigenvalue weighted by Gasteiger charge is -2.09. The van der Waals surface area contributed by atoms with E-state index in [0.717, 1.165) is 0 Å². The van der Waals surface area contributed by atoms with Gasteiger partial charge < -0.3 is 11.1 Å². The van der Waals surface area contributed by atoms with Crippen molar-refractivity contribution in [1.82, 2.24) is 5.32 Å². The summed E-state index contributed by atoms with van der Waals surface area (Å²) >= 11 is 0. The predicted octanol–water partition coefficient (Wildman–Crippen LogP) is 2.00. The number of carbonyl (C=O) groups is 1. The summed E-state index contributed by atoms with van der Waals surface area (Å²) in [6.07, 6.45) is -5.75. The zero-order valence-electron chi connectivity index (χ0n) is 9.83. The molecule has 6 nitrogen and oxygen atoms in total. The third-order valence-electron chi connectivity index (χ3n) is 2.26. The summed E-state index contributed by atoms with van der Waals surface area (Å²) in [5.41, 5.74) is 3.30. The lowest BCUT2D eigenvalue weighted by atomic mass is 10.1. The van der Waals surface area contributed by atoms with Crippen molar-refractivity contribution in [3.05, 3.63) is 33.6 Å². The minimum absolute atomic E-state index is 0.516. The third-order valence-corrected chi connectivity index (χ3v) is 2.26. The van der Waals surface area contributed by atoms with Crippen molar-refractivity contribution in [2.45, 2.75) is 12.6 Å². The maximum absolute atomic E-state index is 13.1. The second-order valence-corrected chi connectivity index (χ2v) is 3.76. The van der Waals surface area contributed by atoms with Crippen molar-refractivity contribution >= 4 is 17.3 Å². The van der Waals surface area contributed by atoms with Crippen LogP contribution in [0.3, 0.4) is 0 Å². The first-order valence-electron chi connectivity index (χ1n) is 5.20.